The molecular formula is C21H22ClN3O3S. The average molecular weight is 432 g/mol. The smallest absolute Gasteiger partial charge is 0.238 e. The summed E-state index contributed by atoms with van der Waals surface area (Å²) in [6, 6.07) is 12.6. The molecule has 6 nitrogen and oxygen atoms in total. The second-order valence-corrected chi connectivity index (χ2v) is 8.07. The second kappa shape index (κ2) is 9.33. The van der Waals surface area contributed by atoms with Crippen LogP contribution in [0.5, 0.6) is 5.75 Å². The van der Waals surface area contributed by atoms with Crippen LogP contribution < -0.4 is 10.1 Å². The maximum Gasteiger partial charge on any atom is 0.238 e. The van der Waals surface area contributed by atoms with E-state index >= 15 is 0 Å². The lowest BCUT2D eigenvalue weighted by molar-refractivity contribution is -0.129. The molecule has 1 unspecified atom stereocenters. The van der Waals surface area contributed by atoms with Crippen molar-refractivity contribution in [3.05, 3.63) is 53.1 Å². The summed E-state index contributed by atoms with van der Waals surface area (Å²) in [5.74, 6) is 0.292. The standard InChI is InChI=1S/C21H22ClN3O3S/c1-4-25-19(26)12-18(20(27)23-15-9-8-13(2)17(22)11-15)29-21(25)24-14-6-5-7-16(10-14)28-3/h5-11,18H,4,12H2,1-3H3,(H,23,27). The number of rotatable bonds is 5. The van der Waals surface area contributed by atoms with Gasteiger partial charge >= 0.3 is 0 Å². The topological polar surface area (TPSA) is 71.0 Å². The first-order chi connectivity index (χ1) is 13.9. The molecule has 1 aliphatic rings. The number of hydrogen-bond donors (Lipinski definition) is 1. The van der Waals surface area contributed by atoms with Gasteiger partial charge in [0.15, 0.2) is 5.17 Å². The number of anilines is 1. The van der Waals surface area contributed by atoms with Gasteiger partial charge in [-0.05, 0) is 43.7 Å². The molecule has 0 bridgehead atoms. The van der Waals surface area contributed by atoms with E-state index in [0.717, 1.165) is 5.56 Å². The van der Waals surface area contributed by atoms with Gasteiger partial charge in [0.1, 0.15) is 11.0 Å². The zero-order valence-corrected chi connectivity index (χ0v) is 18.0. The van der Waals surface area contributed by atoms with Gasteiger partial charge in [-0.1, -0.05) is 35.5 Å². The lowest BCUT2D eigenvalue weighted by Crippen LogP contribution is -2.45. The number of thioether (sulfide) groups is 1. The fraction of sp³-hybridized carbons (Fsp3) is 0.286. The number of nitrogens with zero attached hydrogens (tertiary/aromatic N) is 2. The Hall–Kier alpha value is -2.51. The van der Waals surface area contributed by atoms with Crippen molar-refractivity contribution in [3.63, 3.8) is 0 Å². The molecule has 3 rings (SSSR count). The number of hydrogen-bond acceptors (Lipinski definition) is 5. The van der Waals surface area contributed by atoms with Crippen LogP contribution in [0.3, 0.4) is 0 Å². The highest BCUT2D eigenvalue weighted by molar-refractivity contribution is 8.15. The Labute approximate surface area is 179 Å². The Morgan fingerprint density at radius 3 is 2.83 bits per heavy atom. The number of carbonyl (C=O) groups is 2. The van der Waals surface area contributed by atoms with E-state index in [0.29, 0.717) is 33.9 Å². The van der Waals surface area contributed by atoms with E-state index in [-0.39, 0.29) is 18.2 Å². The lowest BCUT2D eigenvalue weighted by atomic mass is 10.2. The largest absolute Gasteiger partial charge is 0.497 e. The van der Waals surface area contributed by atoms with Crippen LogP contribution in [-0.2, 0) is 9.59 Å². The predicted molar refractivity (Wildman–Crippen MR) is 118 cm³/mol. The third kappa shape index (κ3) is 5.10. The first-order valence-corrected chi connectivity index (χ1v) is 10.4. The monoisotopic (exact) mass is 431 g/mol. The van der Waals surface area contributed by atoms with Gasteiger partial charge in [0, 0.05) is 29.7 Å². The molecule has 1 saturated heterocycles. The van der Waals surface area contributed by atoms with Crippen molar-refractivity contribution in [2.45, 2.75) is 25.5 Å². The summed E-state index contributed by atoms with van der Waals surface area (Å²) >= 11 is 7.42. The minimum absolute atomic E-state index is 0.112. The van der Waals surface area contributed by atoms with Gasteiger partial charge in [0.2, 0.25) is 11.8 Å². The van der Waals surface area contributed by atoms with E-state index in [2.05, 4.69) is 10.3 Å². The zero-order chi connectivity index (χ0) is 21.0. The molecule has 152 valence electrons. The fourth-order valence-corrected chi connectivity index (χ4v) is 4.18. The zero-order valence-electron chi connectivity index (χ0n) is 16.4. The summed E-state index contributed by atoms with van der Waals surface area (Å²) < 4.78 is 5.23. The molecule has 0 spiro atoms. The van der Waals surface area contributed by atoms with Crippen LogP contribution in [0.4, 0.5) is 11.4 Å². The minimum atomic E-state index is -0.574. The number of ether oxygens (including phenoxy) is 1. The highest BCUT2D eigenvalue weighted by Gasteiger charge is 2.35. The Bertz CT molecular complexity index is 964. The van der Waals surface area contributed by atoms with E-state index in [1.807, 2.05) is 38.1 Å². The fourth-order valence-electron chi connectivity index (χ4n) is 2.84. The number of halogens is 1. The Balaban J connectivity index is 1.82. The number of nitrogens with one attached hydrogen (secondary N) is 1. The van der Waals surface area contributed by atoms with Gasteiger partial charge < -0.3 is 10.1 Å². The van der Waals surface area contributed by atoms with Crippen LogP contribution in [0.1, 0.15) is 18.9 Å². The molecule has 0 radical (unpaired) electrons. The van der Waals surface area contributed by atoms with Crippen LogP contribution in [0, 0.1) is 6.92 Å². The van der Waals surface area contributed by atoms with Gasteiger partial charge in [-0.2, -0.15) is 0 Å². The van der Waals surface area contributed by atoms with Crippen LogP contribution in [-0.4, -0.2) is 40.8 Å². The van der Waals surface area contributed by atoms with Crippen molar-refractivity contribution < 1.29 is 14.3 Å². The Morgan fingerprint density at radius 1 is 1.34 bits per heavy atom. The normalized spacial score (nSPS) is 18.1. The van der Waals surface area contributed by atoms with Crippen LogP contribution in [0.2, 0.25) is 5.02 Å². The first kappa shape index (κ1) is 21.2. The molecule has 0 aliphatic carbocycles. The second-order valence-electron chi connectivity index (χ2n) is 6.50. The SMILES string of the molecule is CCN1C(=O)CC(C(=O)Nc2ccc(C)c(Cl)c2)SC1=Nc1cccc(OC)c1. The van der Waals surface area contributed by atoms with Crippen molar-refractivity contribution in [1.82, 2.24) is 4.90 Å². The summed E-state index contributed by atoms with van der Waals surface area (Å²) in [6.45, 7) is 4.26. The Kier molecular flexibility index (Phi) is 6.82. The molecule has 2 aromatic carbocycles. The lowest BCUT2D eigenvalue weighted by Gasteiger charge is -2.31. The molecule has 0 saturated carbocycles. The predicted octanol–water partition coefficient (Wildman–Crippen LogP) is 4.64. The molecular weight excluding hydrogens is 410 g/mol. The quantitative estimate of drug-likeness (QED) is 0.748. The maximum atomic E-state index is 12.8. The van der Waals surface area contributed by atoms with Crippen LogP contribution in [0.15, 0.2) is 47.5 Å². The average Bonchev–Trinajstić information content (AvgIpc) is 2.70. The summed E-state index contributed by atoms with van der Waals surface area (Å²) in [5.41, 5.74) is 2.19. The first-order valence-electron chi connectivity index (χ1n) is 9.18. The molecule has 2 aromatic rings. The number of methoxy groups -OCH3 is 1. The summed E-state index contributed by atoms with van der Waals surface area (Å²) in [6.07, 6.45) is 0.112. The summed E-state index contributed by atoms with van der Waals surface area (Å²) in [4.78, 5) is 31.6. The van der Waals surface area contributed by atoms with Gasteiger partial charge in [0.05, 0.1) is 12.8 Å². The number of amidine groups is 1. The minimum Gasteiger partial charge on any atom is -0.497 e. The van der Waals surface area contributed by atoms with E-state index in [1.165, 1.54) is 11.8 Å². The number of amides is 2. The highest BCUT2D eigenvalue weighted by Crippen LogP contribution is 2.31. The molecule has 1 heterocycles. The third-order valence-corrected chi connectivity index (χ3v) is 6.06. The molecule has 2 amide bonds. The number of aryl methyl sites for hydroxylation is 1. The van der Waals surface area contributed by atoms with Gasteiger partial charge in [-0.25, -0.2) is 4.99 Å². The van der Waals surface area contributed by atoms with Crippen molar-refractivity contribution in [2.24, 2.45) is 4.99 Å². The molecule has 1 fully saturated rings. The number of aliphatic imine (C=N–C) groups is 1. The number of carbonyl (C=O) groups excluding carboxylic acids is 2. The summed E-state index contributed by atoms with van der Waals surface area (Å²) in [7, 11) is 1.58. The van der Waals surface area contributed by atoms with E-state index in [4.69, 9.17) is 16.3 Å². The van der Waals surface area contributed by atoms with E-state index in [1.54, 1.807) is 30.2 Å². The molecule has 0 aromatic heterocycles. The Morgan fingerprint density at radius 2 is 2.14 bits per heavy atom. The molecule has 1 atom stereocenters. The van der Waals surface area contributed by atoms with Crippen molar-refractivity contribution in [2.75, 3.05) is 19.0 Å². The van der Waals surface area contributed by atoms with Crippen LogP contribution in [0.25, 0.3) is 0 Å². The van der Waals surface area contributed by atoms with Crippen LogP contribution >= 0.6 is 23.4 Å². The number of benzene rings is 2. The molecule has 8 heteroatoms. The summed E-state index contributed by atoms with van der Waals surface area (Å²) in [5, 5.41) is 3.35. The molecule has 1 aliphatic heterocycles. The molecule has 29 heavy (non-hydrogen) atoms. The van der Waals surface area contributed by atoms with Gasteiger partial charge in [0.25, 0.3) is 0 Å². The maximum absolute atomic E-state index is 12.8. The van der Waals surface area contributed by atoms with Gasteiger partial charge in [-0.15, -0.1) is 0 Å². The van der Waals surface area contributed by atoms with Crippen molar-refractivity contribution >= 4 is 51.7 Å². The van der Waals surface area contributed by atoms with Crippen molar-refractivity contribution in [3.8, 4) is 5.75 Å². The molecule has 1 N–H and O–H groups in total. The van der Waals surface area contributed by atoms with Crippen molar-refractivity contribution in [1.29, 1.82) is 0 Å². The van der Waals surface area contributed by atoms with E-state index < -0.39 is 5.25 Å². The highest BCUT2D eigenvalue weighted by atomic mass is 35.5. The van der Waals surface area contributed by atoms with Gasteiger partial charge in [-0.3, -0.25) is 14.5 Å². The third-order valence-electron chi connectivity index (χ3n) is 4.47. The van der Waals surface area contributed by atoms with E-state index in [9.17, 15) is 9.59 Å².